The zero-order valence-electron chi connectivity index (χ0n) is 10.1. The molecule has 1 fully saturated rings. The molecule has 0 aromatic carbocycles. The molecular formula is C12H19ClN4. The second-order valence-electron chi connectivity index (χ2n) is 4.60. The van der Waals surface area contributed by atoms with Gasteiger partial charge in [0.25, 0.3) is 0 Å². The molecule has 0 radical (unpaired) electrons. The summed E-state index contributed by atoms with van der Waals surface area (Å²) in [6.45, 7) is 2.06. The van der Waals surface area contributed by atoms with Gasteiger partial charge in [-0.05, 0) is 32.5 Å². The van der Waals surface area contributed by atoms with Crippen molar-refractivity contribution < 1.29 is 0 Å². The maximum atomic E-state index is 5.85. The summed E-state index contributed by atoms with van der Waals surface area (Å²) in [5.74, 6) is 0.730. The first-order valence-electron chi connectivity index (χ1n) is 6.02. The molecule has 1 atom stereocenters. The van der Waals surface area contributed by atoms with Crippen molar-refractivity contribution in [1.29, 1.82) is 0 Å². The Hall–Kier alpha value is -1.00. The number of likely N-dealkylation sites (tertiary alicyclic amines) is 1. The molecule has 0 spiro atoms. The third-order valence-electron chi connectivity index (χ3n) is 3.31. The van der Waals surface area contributed by atoms with Crippen LogP contribution in [0.4, 0.5) is 11.5 Å². The normalized spacial score (nSPS) is 21.4. The molecule has 3 N–H and O–H groups in total. The average Bonchev–Trinajstić information content (AvgIpc) is 2.30. The summed E-state index contributed by atoms with van der Waals surface area (Å²) in [5, 5.41) is 3.88. The maximum absolute atomic E-state index is 5.85. The Balaban J connectivity index is 1.92. The van der Waals surface area contributed by atoms with Crippen molar-refractivity contribution >= 4 is 23.1 Å². The lowest BCUT2D eigenvalue weighted by molar-refractivity contribution is 0.194. The van der Waals surface area contributed by atoms with Gasteiger partial charge < -0.3 is 16.0 Å². The second-order valence-corrected chi connectivity index (χ2v) is 5.04. The SMILES string of the molecule is CN1CCCCC1CNc1ncc(Cl)cc1N. The zero-order valence-corrected chi connectivity index (χ0v) is 10.9. The Kier molecular flexibility index (Phi) is 4.07. The number of anilines is 2. The summed E-state index contributed by atoms with van der Waals surface area (Å²) in [6.07, 6.45) is 5.45. The molecule has 2 heterocycles. The quantitative estimate of drug-likeness (QED) is 0.869. The molecule has 0 saturated carbocycles. The lowest BCUT2D eigenvalue weighted by Crippen LogP contribution is -2.40. The van der Waals surface area contributed by atoms with Crippen LogP contribution in [0.15, 0.2) is 12.3 Å². The summed E-state index contributed by atoms with van der Waals surface area (Å²) in [4.78, 5) is 6.59. The molecule has 1 aliphatic rings. The molecule has 1 aromatic heterocycles. The van der Waals surface area contributed by atoms with Gasteiger partial charge in [0.05, 0.1) is 10.7 Å². The number of nitrogens with two attached hydrogens (primary N) is 1. The number of nitrogens with zero attached hydrogens (tertiary/aromatic N) is 2. The highest BCUT2D eigenvalue weighted by atomic mass is 35.5. The summed E-state index contributed by atoms with van der Waals surface area (Å²) in [7, 11) is 2.17. The molecule has 2 rings (SSSR count). The molecule has 1 aliphatic heterocycles. The molecule has 1 saturated heterocycles. The maximum Gasteiger partial charge on any atom is 0.149 e. The van der Waals surface area contributed by atoms with E-state index in [0.717, 1.165) is 12.4 Å². The highest BCUT2D eigenvalue weighted by molar-refractivity contribution is 6.30. The van der Waals surface area contributed by atoms with Crippen LogP contribution in [0, 0.1) is 0 Å². The van der Waals surface area contributed by atoms with E-state index in [0.29, 0.717) is 16.8 Å². The number of nitrogens with one attached hydrogen (secondary N) is 1. The van der Waals surface area contributed by atoms with Crippen LogP contribution in [0.25, 0.3) is 0 Å². The van der Waals surface area contributed by atoms with E-state index in [1.807, 2.05) is 0 Å². The fraction of sp³-hybridized carbons (Fsp3) is 0.583. The molecule has 0 bridgehead atoms. The minimum atomic E-state index is 0.570. The van der Waals surface area contributed by atoms with Crippen LogP contribution in [-0.4, -0.2) is 36.1 Å². The Bertz CT molecular complexity index is 383. The van der Waals surface area contributed by atoms with Gasteiger partial charge in [-0.1, -0.05) is 18.0 Å². The van der Waals surface area contributed by atoms with Crippen molar-refractivity contribution in [3.8, 4) is 0 Å². The Morgan fingerprint density at radius 3 is 3.12 bits per heavy atom. The molecular weight excluding hydrogens is 236 g/mol. The van der Waals surface area contributed by atoms with Crippen molar-refractivity contribution in [3.63, 3.8) is 0 Å². The Morgan fingerprint density at radius 1 is 1.59 bits per heavy atom. The number of aromatic nitrogens is 1. The highest BCUT2D eigenvalue weighted by Crippen LogP contribution is 2.21. The number of hydrogen-bond donors (Lipinski definition) is 2. The molecule has 0 aliphatic carbocycles. The van der Waals surface area contributed by atoms with Crippen LogP contribution in [0.1, 0.15) is 19.3 Å². The summed E-state index contributed by atoms with van der Waals surface area (Å²) in [5.41, 5.74) is 6.46. The van der Waals surface area contributed by atoms with E-state index in [2.05, 4.69) is 22.2 Å². The van der Waals surface area contributed by atoms with Gasteiger partial charge in [-0.2, -0.15) is 0 Å². The monoisotopic (exact) mass is 254 g/mol. The highest BCUT2D eigenvalue weighted by Gasteiger charge is 2.18. The van der Waals surface area contributed by atoms with Gasteiger partial charge in [-0.15, -0.1) is 0 Å². The largest absolute Gasteiger partial charge is 0.396 e. The van der Waals surface area contributed by atoms with Crippen molar-refractivity contribution in [2.45, 2.75) is 25.3 Å². The third kappa shape index (κ3) is 3.23. The molecule has 94 valence electrons. The summed E-state index contributed by atoms with van der Waals surface area (Å²) < 4.78 is 0. The second kappa shape index (κ2) is 5.56. The van der Waals surface area contributed by atoms with Crippen LogP contribution in [0.5, 0.6) is 0 Å². The van der Waals surface area contributed by atoms with Crippen molar-refractivity contribution in [2.75, 3.05) is 31.2 Å². The first kappa shape index (κ1) is 12.5. The van der Waals surface area contributed by atoms with E-state index in [-0.39, 0.29) is 0 Å². The number of piperidine rings is 1. The van der Waals surface area contributed by atoms with Crippen molar-refractivity contribution in [2.24, 2.45) is 0 Å². The van der Waals surface area contributed by atoms with Crippen LogP contribution in [-0.2, 0) is 0 Å². The Labute approximate surface area is 107 Å². The average molecular weight is 255 g/mol. The van der Waals surface area contributed by atoms with Crippen LogP contribution < -0.4 is 11.1 Å². The molecule has 0 amide bonds. The fourth-order valence-electron chi connectivity index (χ4n) is 2.22. The van der Waals surface area contributed by atoms with Gasteiger partial charge in [0.1, 0.15) is 5.82 Å². The summed E-state index contributed by atoms with van der Waals surface area (Å²) >= 11 is 5.81. The van der Waals surface area contributed by atoms with Crippen LogP contribution in [0.2, 0.25) is 5.02 Å². The predicted octanol–water partition coefficient (Wildman–Crippen LogP) is 2.21. The number of likely N-dealkylation sites (N-methyl/N-ethyl adjacent to an activating group) is 1. The van der Waals surface area contributed by atoms with Gasteiger partial charge in [-0.25, -0.2) is 4.98 Å². The van der Waals surface area contributed by atoms with E-state index < -0.39 is 0 Å². The van der Waals surface area contributed by atoms with E-state index >= 15 is 0 Å². The number of nitrogen functional groups attached to an aromatic ring is 1. The van der Waals surface area contributed by atoms with Crippen molar-refractivity contribution in [3.05, 3.63) is 17.3 Å². The van der Waals surface area contributed by atoms with Crippen molar-refractivity contribution in [1.82, 2.24) is 9.88 Å². The molecule has 1 unspecified atom stereocenters. The van der Waals surface area contributed by atoms with Crippen LogP contribution >= 0.6 is 11.6 Å². The van der Waals surface area contributed by atoms with Gasteiger partial charge >= 0.3 is 0 Å². The van der Waals surface area contributed by atoms with Gasteiger partial charge in [-0.3, -0.25) is 0 Å². The number of hydrogen-bond acceptors (Lipinski definition) is 4. The molecule has 1 aromatic rings. The van der Waals surface area contributed by atoms with E-state index in [1.165, 1.54) is 25.8 Å². The lowest BCUT2D eigenvalue weighted by atomic mass is 10.0. The van der Waals surface area contributed by atoms with E-state index in [4.69, 9.17) is 17.3 Å². The minimum absolute atomic E-state index is 0.570. The van der Waals surface area contributed by atoms with Crippen LogP contribution in [0.3, 0.4) is 0 Å². The predicted molar refractivity (Wildman–Crippen MR) is 72.4 cm³/mol. The first-order chi connectivity index (χ1) is 8.16. The zero-order chi connectivity index (χ0) is 12.3. The first-order valence-corrected chi connectivity index (χ1v) is 6.40. The number of pyridine rings is 1. The van der Waals surface area contributed by atoms with Gasteiger partial charge in [0.15, 0.2) is 0 Å². The Morgan fingerprint density at radius 2 is 2.41 bits per heavy atom. The lowest BCUT2D eigenvalue weighted by Gasteiger charge is -2.32. The smallest absolute Gasteiger partial charge is 0.149 e. The van der Waals surface area contributed by atoms with Gasteiger partial charge in [0.2, 0.25) is 0 Å². The summed E-state index contributed by atoms with van der Waals surface area (Å²) in [6, 6.07) is 2.29. The minimum Gasteiger partial charge on any atom is -0.396 e. The number of halogens is 1. The topological polar surface area (TPSA) is 54.2 Å². The fourth-order valence-corrected chi connectivity index (χ4v) is 2.39. The van der Waals surface area contributed by atoms with Gasteiger partial charge in [0, 0.05) is 18.8 Å². The van der Waals surface area contributed by atoms with E-state index in [9.17, 15) is 0 Å². The molecule has 5 heteroatoms. The standard InChI is InChI=1S/C12H19ClN4/c1-17-5-3-2-4-10(17)8-16-12-11(14)6-9(13)7-15-12/h6-7,10H,2-5,8,14H2,1H3,(H,15,16). The molecule has 17 heavy (non-hydrogen) atoms. The van der Waals surface area contributed by atoms with E-state index in [1.54, 1.807) is 12.3 Å². The number of rotatable bonds is 3. The molecule has 4 nitrogen and oxygen atoms in total. The third-order valence-corrected chi connectivity index (χ3v) is 3.52.